The van der Waals surface area contributed by atoms with Gasteiger partial charge >= 0.3 is 0 Å². The summed E-state index contributed by atoms with van der Waals surface area (Å²) in [6.45, 7) is 0. The van der Waals surface area contributed by atoms with Gasteiger partial charge in [0, 0.05) is 12.3 Å². The van der Waals surface area contributed by atoms with E-state index in [2.05, 4.69) is 15.2 Å². The molecule has 82 valence electrons. The van der Waals surface area contributed by atoms with Gasteiger partial charge in [0.25, 0.3) is 0 Å². The minimum absolute atomic E-state index is 0.208. The summed E-state index contributed by atoms with van der Waals surface area (Å²) in [6.07, 6.45) is 3.09. The van der Waals surface area contributed by atoms with Gasteiger partial charge in [-0.15, -0.1) is 0 Å². The molecule has 1 saturated carbocycles. The van der Waals surface area contributed by atoms with Crippen molar-refractivity contribution in [1.29, 1.82) is 0 Å². The summed E-state index contributed by atoms with van der Waals surface area (Å²) in [5.74, 6) is 2.14. The first-order chi connectivity index (χ1) is 7.81. The van der Waals surface area contributed by atoms with Crippen molar-refractivity contribution < 1.29 is 4.39 Å². The Kier molecular flexibility index (Phi) is 2.20. The fraction of sp³-hybridized carbons (Fsp3) is 0.333. The Labute approximate surface area is 92.7 Å². The molecule has 1 N–H and O–H groups in total. The Bertz CT molecular complexity index is 485. The smallest absolute Gasteiger partial charge is 0.153 e. The standard InChI is InChI=1S/C12H12FN3/c13-10-5-1-8(2-6-10)7-11-14-12(16-15-11)9-3-4-9/h1-2,5-6,9H,3-4,7H2,(H,14,15,16). The molecule has 3 rings (SSSR count). The number of aromatic amines is 1. The molecule has 3 nitrogen and oxygen atoms in total. The third-order valence-corrected chi connectivity index (χ3v) is 2.78. The van der Waals surface area contributed by atoms with E-state index in [1.807, 2.05) is 0 Å². The van der Waals surface area contributed by atoms with Crippen molar-refractivity contribution in [2.24, 2.45) is 0 Å². The van der Waals surface area contributed by atoms with Crippen molar-refractivity contribution in [3.8, 4) is 0 Å². The van der Waals surface area contributed by atoms with Crippen LogP contribution in [0, 0.1) is 5.82 Å². The zero-order valence-corrected chi connectivity index (χ0v) is 8.78. The van der Waals surface area contributed by atoms with Crippen LogP contribution >= 0.6 is 0 Å². The van der Waals surface area contributed by atoms with Crippen LogP contribution in [0.2, 0.25) is 0 Å². The van der Waals surface area contributed by atoms with Crippen LogP contribution in [0.3, 0.4) is 0 Å². The summed E-state index contributed by atoms with van der Waals surface area (Å²) in [5, 5.41) is 7.12. The molecule has 0 bridgehead atoms. The summed E-state index contributed by atoms with van der Waals surface area (Å²) in [7, 11) is 0. The molecule has 1 heterocycles. The van der Waals surface area contributed by atoms with Gasteiger partial charge < -0.3 is 0 Å². The van der Waals surface area contributed by atoms with E-state index in [1.54, 1.807) is 12.1 Å². The van der Waals surface area contributed by atoms with Gasteiger partial charge in [-0.3, -0.25) is 5.10 Å². The highest BCUT2D eigenvalue weighted by Crippen LogP contribution is 2.37. The van der Waals surface area contributed by atoms with Crippen LogP contribution in [0.1, 0.15) is 36.0 Å². The summed E-state index contributed by atoms with van der Waals surface area (Å²) >= 11 is 0. The van der Waals surface area contributed by atoms with E-state index in [-0.39, 0.29) is 5.82 Å². The number of nitrogens with one attached hydrogen (secondary N) is 1. The molecule has 4 heteroatoms. The highest BCUT2D eigenvalue weighted by molar-refractivity contribution is 5.20. The van der Waals surface area contributed by atoms with Crippen LogP contribution in [-0.4, -0.2) is 15.2 Å². The van der Waals surface area contributed by atoms with Gasteiger partial charge in [0.05, 0.1) is 0 Å². The molecule has 2 aromatic rings. The molecule has 0 unspecified atom stereocenters. The predicted octanol–water partition coefficient (Wildman–Crippen LogP) is 2.41. The lowest BCUT2D eigenvalue weighted by molar-refractivity contribution is 0.627. The molecule has 1 aromatic heterocycles. The number of H-pyrrole nitrogens is 1. The fourth-order valence-corrected chi connectivity index (χ4v) is 1.71. The van der Waals surface area contributed by atoms with Crippen LogP contribution in [0.25, 0.3) is 0 Å². The van der Waals surface area contributed by atoms with Crippen molar-refractivity contribution >= 4 is 0 Å². The van der Waals surface area contributed by atoms with Crippen molar-refractivity contribution in [2.45, 2.75) is 25.2 Å². The molecule has 16 heavy (non-hydrogen) atoms. The molecule has 0 atom stereocenters. The summed E-state index contributed by atoms with van der Waals surface area (Å²) in [6, 6.07) is 6.48. The van der Waals surface area contributed by atoms with Gasteiger partial charge in [0.2, 0.25) is 0 Å². The third-order valence-electron chi connectivity index (χ3n) is 2.78. The lowest BCUT2D eigenvalue weighted by atomic mass is 10.1. The Balaban J connectivity index is 1.75. The number of aromatic nitrogens is 3. The van der Waals surface area contributed by atoms with E-state index in [9.17, 15) is 4.39 Å². The third kappa shape index (κ3) is 1.96. The van der Waals surface area contributed by atoms with Crippen LogP contribution in [-0.2, 0) is 6.42 Å². The van der Waals surface area contributed by atoms with E-state index in [0.717, 1.165) is 17.2 Å². The molecular weight excluding hydrogens is 205 g/mol. The Morgan fingerprint density at radius 1 is 1.25 bits per heavy atom. The minimum atomic E-state index is -0.208. The second-order valence-electron chi connectivity index (χ2n) is 4.22. The maximum atomic E-state index is 12.7. The van der Waals surface area contributed by atoms with Crippen molar-refractivity contribution in [3.63, 3.8) is 0 Å². The second kappa shape index (κ2) is 3.70. The van der Waals surface area contributed by atoms with Gasteiger partial charge in [-0.2, -0.15) is 5.10 Å². The maximum Gasteiger partial charge on any atom is 0.153 e. The van der Waals surface area contributed by atoms with Crippen LogP contribution in [0.15, 0.2) is 24.3 Å². The van der Waals surface area contributed by atoms with Crippen LogP contribution < -0.4 is 0 Å². The molecule has 1 fully saturated rings. The van der Waals surface area contributed by atoms with Gasteiger partial charge in [0.1, 0.15) is 11.6 Å². The Morgan fingerprint density at radius 3 is 2.69 bits per heavy atom. The lowest BCUT2D eigenvalue weighted by Gasteiger charge is -1.96. The minimum Gasteiger partial charge on any atom is -0.263 e. The molecule has 1 aromatic carbocycles. The van der Waals surface area contributed by atoms with E-state index in [4.69, 9.17) is 0 Å². The zero-order valence-electron chi connectivity index (χ0n) is 8.78. The Hall–Kier alpha value is -1.71. The van der Waals surface area contributed by atoms with Gasteiger partial charge in [-0.1, -0.05) is 12.1 Å². The first-order valence-corrected chi connectivity index (χ1v) is 5.47. The molecule has 0 radical (unpaired) electrons. The molecular formula is C12H12FN3. The van der Waals surface area contributed by atoms with Crippen molar-refractivity contribution in [1.82, 2.24) is 15.2 Å². The molecule has 1 aliphatic rings. The largest absolute Gasteiger partial charge is 0.263 e. The average molecular weight is 217 g/mol. The highest BCUT2D eigenvalue weighted by atomic mass is 19.1. The van der Waals surface area contributed by atoms with Crippen molar-refractivity contribution in [3.05, 3.63) is 47.3 Å². The number of nitrogens with zero attached hydrogens (tertiary/aromatic N) is 2. The number of halogens is 1. The zero-order chi connectivity index (χ0) is 11.0. The molecule has 0 aliphatic heterocycles. The second-order valence-corrected chi connectivity index (χ2v) is 4.22. The van der Waals surface area contributed by atoms with Crippen molar-refractivity contribution in [2.75, 3.05) is 0 Å². The summed E-state index contributed by atoms with van der Waals surface area (Å²) in [4.78, 5) is 4.43. The monoisotopic (exact) mass is 217 g/mol. The van der Waals surface area contributed by atoms with Gasteiger partial charge in [0.15, 0.2) is 5.82 Å². The maximum absolute atomic E-state index is 12.7. The number of benzene rings is 1. The summed E-state index contributed by atoms with van der Waals surface area (Å²) in [5.41, 5.74) is 1.04. The average Bonchev–Trinajstić information content (AvgIpc) is 3.04. The molecule has 0 saturated heterocycles. The van der Waals surface area contributed by atoms with E-state index in [0.29, 0.717) is 12.3 Å². The van der Waals surface area contributed by atoms with E-state index < -0.39 is 0 Å². The van der Waals surface area contributed by atoms with E-state index in [1.165, 1.54) is 25.0 Å². The SMILES string of the molecule is Fc1ccc(Cc2nc(C3CC3)n[nH]2)cc1. The molecule has 0 amide bonds. The number of hydrogen-bond donors (Lipinski definition) is 1. The molecule has 0 spiro atoms. The number of rotatable bonds is 3. The number of hydrogen-bond acceptors (Lipinski definition) is 2. The lowest BCUT2D eigenvalue weighted by Crippen LogP contribution is -1.91. The predicted molar refractivity (Wildman–Crippen MR) is 57.6 cm³/mol. The normalized spacial score (nSPS) is 15.3. The Morgan fingerprint density at radius 2 is 2.00 bits per heavy atom. The van der Waals surface area contributed by atoms with E-state index >= 15 is 0 Å². The van der Waals surface area contributed by atoms with Crippen LogP contribution in [0.4, 0.5) is 4.39 Å². The highest BCUT2D eigenvalue weighted by Gasteiger charge is 2.27. The topological polar surface area (TPSA) is 41.6 Å². The molecule has 1 aliphatic carbocycles. The summed E-state index contributed by atoms with van der Waals surface area (Å²) < 4.78 is 12.7. The quantitative estimate of drug-likeness (QED) is 0.857. The van der Waals surface area contributed by atoms with Gasteiger partial charge in [-0.25, -0.2) is 9.37 Å². The van der Waals surface area contributed by atoms with Gasteiger partial charge in [-0.05, 0) is 30.5 Å². The first-order valence-electron chi connectivity index (χ1n) is 5.47. The fourth-order valence-electron chi connectivity index (χ4n) is 1.71. The van der Waals surface area contributed by atoms with Crippen LogP contribution in [0.5, 0.6) is 0 Å². The first kappa shape index (κ1) is 9.51.